The lowest BCUT2D eigenvalue weighted by Gasteiger charge is -2.51. The second-order valence-electron chi connectivity index (χ2n) is 14.2. The van der Waals surface area contributed by atoms with Crippen molar-refractivity contribution in [3.8, 4) is 11.1 Å². The van der Waals surface area contributed by atoms with Crippen molar-refractivity contribution in [1.82, 2.24) is 15.6 Å². The molecule has 1 saturated carbocycles. The Morgan fingerprint density at radius 2 is 1.67 bits per heavy atom. The maximum atomic E-state index is 14.1. The van der Waals surface area contributed by atoms with Crippen molar-refractivity contribution in [3.63, 3.8) is 0 Å². The van der Waals surface area contributed by atoms with Crippen LogP contribution in [-0.2, 0) is 16.1 Å². The molecule has 2 saturated heterocycles. The van der Waals surface area contributed by atoms with E-state index in [0.717, 1.165) is 61.3 Å². The molecule has 1 aliphatic carbocycles. The van der Waals surface area contributed by atoms with Gasteiger partial charge in [-0.1, -0.05) is 64.4 Å². The lowest BCUT2D eigenvalue weighted by Crippen LogP contribution is -2.61. The first-order chi connectivity index (χ1) is 22.2. The fraction of sp³-hybridized carbons (Fsp3) is 0.658. The Morgan fingerprint density at radius 3 is 2.28 bits per heavy atom. The third-order valence-corrected chi connectivity index (χ3v) is 11.6. The average molecular weight is 633 g/mol. The van der Waals surface area contributed by atoms with Gasteiger partial charge in [0, 0.05) is 61.9 Å². The number of rotatable bonds is 7. The Kier molecular flexibility index (Phi) is 11.8. The number of anilines is 1. The van der Waals surface area contributed by atoms with E-state index in [9.17, 15) is 14.7 Å². The van der Waals surface area contributed by atoms with Gasteiger partial charge >= 0.3 is 0 Å². The minimum Gasteiger partial charge on any atom is -0.390 e. The second kappa shape index (κ2) is 15.7. The third-order valence-electron chi connectivity index (χ3n) is 11.6. The quantitative estimate of drug-likeness (QED) is 0.319. The van der Waals surface area contributed by atoms with Crippen molar-refractivity contribution >= 4 is 17.5 Å². The minimum atomic E-state index is -0.270. The predicted octanol–water partition coefficient (Wildman–Crippen LogP) is 6.57. The second-order valence-corrected chi connectivity index (χ2v) is 14.2. The molecule has 252 valence electrons. The minimum absolute atomic E-state index is 0.0524. The molecule has 46 heavy (non-hydrogen) atoms. The number of aliphatic hydroxyl groups excluding tert-OH is 1. The van der Waals surface area contributed by atoms with Crippen LogP contribution >= 0.6 is 0 Å². The number of benzene rings is 1. The van der Waals surface area contributed by atoms with Crippen LogP contribution in [0.4, 0.5) is 5.69 Å². The summed E-state index contributed by atoms with van der Waals surface area (Å²) in [7, 11) is 2.10. The molecule has 0 radical (unpaired) electrons. The predicted molar refractivity (Wildman–Crippen MR) is 184 cm³/mol. The Hall–Kier alpha value is -2.97. The van der Waals surface area contributed by atoms with E-state index in [2.05, 4.69) is 47.5 Å². The molecule has 3 aliphatic rings. The summed E-state index contributed by atoms with van der Waals surface area (Å²) in [5.74, 6) is -0.193. The van der Waals surface area contributed by atoms with Crippen molar-refractivity contribution in [2.24, 2.45) is 17.3 Å². The van der Waals surface area contributed by atoms with Gasteiger partial charge < -0.3 is 25.4 Å². The van der Waals surface area contributed by atoms with Gasteiger partial charge in [0.15, 0.2) is 0 Å². The number of aromatic nitrogens is 1. The number of amides is 2. The maximum Gasteiger partial charge on any atom is 0.251 e. The Bertz CT molecular complexity index is 1310. The van der Waals surface area contributed by atoms with Crippen LogP contribution in [0.15, 0.2) is 30.5 Å². The SMILES string of the molecule is Cc1c(C(=O)NCC2C(=O)NC(C)C3(CCCCCCCCCC3)C2C)cc(-c2ccc(CO)nc2)cc1N(C)C1CCOCC1. The highest BCUT2D eigenvalue weighted by atomic mass is 16.5. The molecule has 8 nitrogen and oxygen atoms in total. The van der Waals surface area contributed by atoms with E-state index < -0.39 is 0 Å². The molecule has 3 heterocycles. The number of hydrogen-bond acceptors (Lipinski definition) is 6. The molecule has 3 atom stereocenters. The van der Waals surface area contributed by atoms with Gasteiger partial charge in [-0.15, -0.1) is 0 Å². The van der Waals surface area contributed by atoms with E-state index in [1.165, 1.54) is 51.4 Å². The van der Waals surface area contributed by atoms with Gasteiger partial charge in [0.1, 0.15) is 0 Å². The zero-order chi connectivity index (χ0) is 32.7. The van der Waals surface area contributed by atoms with Crippen LogP contribution in [0.2, 0.25) is 0 Å². The highest BCUT2D eigenvalue weighted by Gasteiger charge is 2.50. The fourth-order valence-corrected chi connectivity index (χ4v) is 8.46. The van der Waals surface area contributed by atoms with Crippen LogP contribution in [-0.4, -0.2) is 60.8 Å². The van der Waals surface area contributed by atoms with E-state index in [-0.39, 0.29) is 41.7 Å². The molecule has 1 spiro atoms. The monoisotopic (exact) mass is 632 g/mol. The Labute approximate surface area is 276 Å². The number of carbonyl (C=O) groups excluding carboxylic acids is 2. The Morgan fingerprint density at radius 1 is 1.02 bits per heavy atom. The third kappa shape index (κ3) is 7.60. The van der Waals surface area contributed by atoms with Gasteiger partial charge in [-0.05, 0) is 80.2 Å². The number of nitrogens with one attached hydrogen (secondary N) is 2. The zero-order valence-corrected chi connectivity index (χ0v) is 28.6. The number of aliphatic hydroxyl groups is 1. The molecular weight excluding hydrogens is 576 g/mol. The highest BCUT2D eigenvalue weighted by molar-refractivity contribution is 5.99. The lowest BCUT2D eigenvalue weighted by atomic mass is 9.59. The van der Waals surface area contributed by atoms with Gasteiger partial charge in [-0.2, -0.15) is 0 Å². The van der Waals surface area contributed by atoms with Crippen LogP contribution in [0.1, 0.15) is 113 Å². The smallest absolute Gasteiger partial charge is 0.251 e. The van der Waals surface area contributed by atoms with Gasteiger partial charge in [0.25, 0.3) is 5.91 Å². The number of hydrogen-bond donors (Lipinski definition) is 3. The van der Waals surface area contributed by atoms with Crippen molar-refractivity contribution in [3.05, 3.63) is 47.3 Å². The van der Waals surface area contributed by atoms with E-state index >= 15 is 0 Å². The zero-order valence-electron chi connectivity index (χ0n) is 28.6. The summed E-state index contributed by atoms with van der Waals surface area (Å²) in [5.41, 5.74) is 4.98. The summed E-state index contributed by atoms with van der Waals surface area (Å²) >= 11 is 0. The molecule has 0 bridgehead atoms. The summed E-state index contributed by atoms with van der Waals surface area (Å²) in [6.07, 6.45) is 16.1. The summed E-state index contributed by atoms with van der Waals surface area (Å²) in [6.45, 7) is 8.16. The molecule has 1 aromatic heterocycles. The first-order valence-corrected chi connectivity index (χ1v) is 17.8. The molecule has 8 heteroatoms. The van der Waals surface area contributed by atoms with E-state index in [1.54, 1.807) is 6.20 Å². The molecule has 5 rings (SSSR count). The number of ether oxygens (including phenoxy) is 1. The van der Waals surface area contributed by atoms with Crippen molar-refractivity contribution in [2.75, 3.05) is 31.7 Å². The molecule has 3 unspecified atom stereocenters. The number of nitrogens with zero attached hydrogens (tertiary/aromatic N) is 2. The van der Waals surface area contributed by atoms with Gasteiger partial charge in [0.05, 0.1) is 18.2 Å². The molecule has 2 amide bonds. The van der Waals surface area contributed by atoms with E-state index in [1.807, 2.05) is 25.1 Å². The molecule has 3 fully saturated rings. The molecule has 2 aromatic rings. The number of pyridine rings is 1. The van der Waals surface area contributed by atoms with Crippen LogP contribution in [0.25, 0.3) is 11.1 Å². The highest BCUT2D eigenvalue weighted by Crippen LogP contribution is 2.48. The van der Waals surface area contributed by atoms with Gasteiger partial charge in [-0.3, -0.25) is 14.6 Å². The van der Waals surface area contributed by atoms with Crippen LogP contribution < -0.4 is 15.5 Å². The standard InChI is InChI=1S/C38H56N4O4/c1-26-33(21-30(29-13-14-31(25-43)39-23-29)22-35(26)42(4)32-15-19-46-20-16-32)36(44)40-24-34-27(2)38(28(3)41-37(34)45)17-11-9-7-5-6-8-10-12-18-38/h13-14,21-23,27-28,32,34,43H,5-12,15-20,24-25H2,1-4H3,(H,40,44)(H,41,45). The number of piperidine rings is 1. The van der Waals surface area contributed by atoms with Crippen LogP contribution in [0.3, 0.4) is 0 Å². The van der Waals surface area contributed by atoms with Crippen LogP contribution in [0, 0.1) is 24.2 Å². The fourth-order valence-electron chi connectivity index (χ4n) is 8.46. The van der Waals surface area contributed by atoms with Crippen molar-refractivity contribution in [2.45, 2.75) is 117 Å². The normalized spacial score (nSPS) is 24.5. The van der Waals surface area contributed by atoms with Gasteiger partial charge in [0.2, 0.25) is 5.91 Å². The van der Waals surface area contributed by atoms with E-state index in [4.69, 9.17) is 4.74 Å². The largest absolute Gasteiger partial charge is 0.390 e. The summed E-state index contributed by atoms with van der Waals surface area (Å²) in [6, 6.07) is 8.30. The Balaban J connectivity index is 1.40. The summed E-state index contributed by atoms with van der Waals surface area (Å²) in [4.78, 5) is 34.3. The van der Waals surface area contributed by atoms with Crippen LogP contribution in [0.5, 0.6) is 0 Å². The first-order valence-electron chi connectivity index (χ1n) is 17.8. The number of carbonyl (C=O) groups is 2. The van der Waals surface area contributed by atoms with Gasteiger partial charge in [-0.25, -0.2) is 0 Å². The van der Waals surface area contributed by atoms with E-state index in [0.29, 0.717) is 23.8 Å². The average Bonchev–Trinajstić information content (AvgIpc) is 3.13. The summed E-state index contributed by atoms with van der Waals surface area (Å²) < 4.78 is 5.63. The molecule has 3 N–H and O–H groups in total. The van der Waals surface area contributed by atoms with Crippen molar-refractivity contribution in [1.29, 1.82) is 0 Å². The topological polar surface area (TPSA) is 104 Å². The first kappa shape index (κ1) is 34.4. The molecule has 1 aromatic carbocycles. The lowest BCUT2D eigenvalue weighted by molar-refractivity contribution is -0.137. The van der Waals surface area contributed by atoms with Crippen molar-refractivity contribution < 1.29 is 19.4 Å². The maximum absolute atomic E-state index is 14.1. The summed E-state index contributed by atoms with van der Waals surface area (Å²) in [5, 5.41) is 16.1. The molecule has 2 aliphatic heterocycles. The molecular formula is C38H56N4O4.